The molecule has 1 aliphatic heterocycles. The van der Waals surface area contributed by atoms with Crippen LogP contribution in [0.3, 0.4) is 0 Å². The average molecular weight is 185 g/mol. The number of carbonyl (C=O) groups is 2. The molecule has 0 bridgehead atoms. The number of rotatable bonds is 2. The van der Waals surface area contributed by atoms with Crippen molar-refractivity contribution in [1.82, 2.24) is 5.32 Å². The summed E-state index contributed by atoms with van der Waals surface area (Å²) in [5.74, 6) is -0.965. The highest BCUT2D eigenvalue weighted by Gasteiger charge is 2.28. The number of ether oxygens (including phenoxy) is 1. The molecule has 1 saturated heterocycles. The van der Waals surface area contributed by atoms with E-state index >= 15 is 0 Å². The van der Waals surface area contributed by atoms with Crippen molar-refractivity contribution in [3.63, 3.8) is 0 Å². The fourth-order valence-corrected chi connectivity index (χ4v) is 1.38. The molecule has 4 heteroatoms. The maximum atomic E-state index is 11.4. The van der Waals surface area contributed by atoms with Crippen LogP contribution in [0.2, 0.25) is 0 Å². The zero-order valence-electron chi connectivity index (χ0n) is 7.84. The first-order chi connectivity index (χ1) is 6.25. The van der Waals surface area contributed by atoms with Crippen molar-refractivity contribution in [3.05, 3.63) is 0 Å². The molecule has 0 spiro atoms. The predicted molar refractivity (Wildman–Crippen MR) is 47.2 cm³/mol. The topological polar surface area (TPSA) is 55.4 Å². The van der Waals surface area contributed by atoms with E-state index in [2.05, 4.69) is 5.32 Å². The molecule has 1 atom stereocenters. The van der Waals surface area contributed by atoms with Crippen LogP contribution in [0, 0.1) is 5.92 Å². The molecule has 1 fully saturated rings. The summed E-state index contributed by atoms with van der Waals surface area (Å²) in [5.41, 5.74) is 0. The second-order valence-corrected chi connectivity index (χ2v) is 3.08. The molecular formula is C9H15NO3. The first kappa shape index (κ1) is 10.2. The summed E-state index contributed by atoms with van der Waals surface area (Å²) in [6.45, 7) is 3.31. The van der Waals surface area contributed by atoms with E-state index in [1.54, 1.807) is 6.92 Å². The zero-order chi connectivity index (χ0) is 9.68. The Labute approximate surface area is 77.6 Å². The van der Waals surface area contributed by atoms with Crippen molar-refractivity contribution in [1.29, 1.82) is 0 Å². The van der Waals surface area contributed by atoms with Gasteiger partial charge in [0.05, 0.1) is 6.61 Å². The van der Waals surface area contributed by atoms with Gasteiger partial charge in [0.25, 0.3) is 0 Å². The van der Waals surface area contributed by atoms with Gasteiger partial charge >= 0.3 is 5.97 Å². The molecule has 0 aromatic carbocycles. The molecule has 1 N–H and O–H groups in total. The van der Waals surface area contributed by atoms with Crippen LogP contribution < -0.4 is 5.32 Å². The fraction of sp³-hybridized carbons (Fsp3) is 0.778. The first-order valence-corrected chi connectivity index (χ1v) is 4.65. The molecule has 1 heterocycles. The smallest absolute Gasteiger partial charge is 0.317 e. The molecule has 74 valence electrons. The summed E-state index contributed by atoms with van der Waals surface area (Å²) >= 11 is 0. The van der Waals surface area contributed by atoms with Gasteiger partial charge in [-0.2, -0.15) is 0 Å². The van der Waals surface area contributed by atoms with Crippen LogP contribution in [0.5, 0.6) is 0 Å². The quantitative estimate of drug-likeness (QED) is 0.490. The maximum absolute atomic E-state index is 11.4. The third-order valence-electron chi connectivity index (χ3n) is 2.08. The van der Waals surface area contributed by atoms with Gasteiger partial charge in [-0.1, -0.05) is 0 Å². The number of nitrogens with one attached hydrogen (secondary N) is 1. The highest BCUT2D eigenvalue weighted by Crippen LogP contribution is 2.08. The van der Waals surface area contributed by atoms with Gasteiger partial charge in [0.15, 0.2) is 0 Å². The molecule has 0 aliphatic carbocycles. The lowest BCUT2D eigenvalue weighted by Gasteiger charge is -2.10. The molecule has 0 aromatic heterocycles. The third kappa shape index (κ3) is 2.81. The van der Waals surface area contributed by atoms with Crippen molar-refractivity contribution < 1.29 is 14.3 Å². The maximum Gasteiger partial charge on any atom is 0.317 e. The van der Waals surface area contributed by atoms with E-state index < -0.39 is 5.92 Å². The van der Waals surface area contributed by atoms with Gasteiger partial charge in [0.2, 0.25) is 0 Å². The van der Waals surface area contributed by atoms with Crippen LogP contribution in [-0.4, -0.2) is 31.4 Å². The van der Waals surface area contributed by atoms with Gasteiger partial charge < -0.3 is 10.1 Å². The zero-order valence-corrected chi connectivity index (χ0v) is 7.84. The van der Waals surface area contributed by atoms with Crippen LogP contribution in [-0.2, 0) is 14.3 Å². The SMILES string of the molecule is CCOC(=O)C1CNCCCC1=O. The Morgan fingerprint density at radius 2 is 2.46 bits per heavy atom. The minimum absolute atomic E-state index is 0.00319. The molecule has 0 saturated carbocycles. The summed E-state index contributed by atoms with van der Waals surface area (Å²) in [6.07, 6.45) is 1.30. The summed E-state index contributed by atoms with van der Waals surface area (Å²) in [4.78, 5) is 22.7. The van der Waals surface area contributed by atoms with Crippen molar-refractivity contribution in [3.8, 4) is 0 Å². The number of esters is 1. The Morgan fingerprint density at radius 1 is 1.69 bits per heavy atom. The van der Waals surface area contributed by atoms with E-state index in [4.69, 9.17) is 4.74 Å². The van der Waals surface area contributed by atoms with E-state index in [1.807, 2.05) is 0 Å². The molecule has 1 rings (SSSR count). The molecule has 1 unspecified atom stereocenters. The lowest BCUT2D eigenvalue weighted by molar-refractivity contribution is -0.151. The van der Waals surface area contributed by atoms with Gasteiger partial charge in [-0.25, -0.2) is 0 Å². The Kier molecular flexibility index (Phi) is 3.89. The highest BCUT2D eigenvalue weighted by atomic mass is 16.5. The Balaban J connectivity index is 2.53. The summed E-state index contributed by atoms with van der Waals surface area (Å²) < 4.78 is 4.81. The Morgan fingerprint density at radius 3 is 3.15 bits per heavy atom. The van der Waals surface area contributed by atoms with Gasteiger partial charge in [0.1, 0.15) is 11.7 Å². The number of Topliss-reactive ketones (excluding diaryl/α,β-unsaturated/α-hetero) is 1. The molecule has 0 amide bonds. The van der Waals surface area contributed by atoms with Crippen molar-refractivity contribution >= 4 is 11.8 Å². The lowest BCUT2D eigenvalue weighted by atomic mass is 10.0. The largest absolute Gasteiger partial charge is 0.465 e. The van der Waals surface area contributed by atoms with Crippen LogP contribution in [0.25, 0.3) is 0 Å². The molecular weight excluding hydrogens is 170 g/mol. The van der Waals surface area contributed by atoms with E-state index in [9.17, 15) is 9.59 Å². The number of ketones is 1. The molecule has 4 nitrogen and oxygen atoms in total. The molecule has 0 aromatic rings. The fourth-order valence-electron chi connectivity index (χ4n) is 1.38. The van der Waals surface area contributed by atoms with Crippen molar-refractivity contribution in [2.24, 2.45) is 5.92 Å². The van der Waals surface area contributed by atoms with Gasteiger partial charge in [-0.3, -0.25) is 9.59 Å². The molecule has 1 aliphatic rings. The third-order valence-corrected chi connectivity index (χ3v) is 2.08. The van der Waals surface area contributed by atoms with Crippen molar-refractivity contribution in [2.45, 2.75) is 19.8 Å². The van der Waals surface area contributed by atoms with Crippen LogP contribution >= 0.6 is 0 Å². The average Bonchev–Trinajstić information content (AvgIpc) is 2.30. The van der Waals surface area contributed by atoms with Crippen LogP contribution in [0.4, 0.5) is 0 Å². The Bertz CT molecular complexity index is 203. The van der Waals surface area contributed by atoms with Gasteiger partial charge in [-0.05, 0) is 19.9 Å². The summed E-state index contributed by atoms with van der Waals surface area (Å²) in [6, 6.07) is 0. The van der Waals surface area contributed by atoms with E-state index in [0.29, 0.717) is 19.6 Å². The number of hydrogen-bond acceptors (Lipinski definition) is 4. The standard InChI is InChI=1S/C9H15NO3/c1-2-13-9(12)7-6-10-5-3-4-8(7)11/h7,10H,2-6H2,1H3. The first-order valence-electron chi connectivity index (χ1n) is 4.65. The predicted octanol–water partition coefficient (Wildman–Crippen LogP) is 0.118. The van der Waals surface area contributed by atoms with E-state index in [-0.39, 0.29) is 11.8 Å². The van der Waals surface area contributed by atoms with Crippen LogP contribution in [0.15, 0.2) is 0 Å². The van der Waals surface area contributed by atoms with Crippen molar-refractivity contribution in [2.75, 3.05) is 19.7 Å². The van der Waals surface area contributed by atoms with Gasteiger partial charge in [-0.15, -0.1) is 0 Å². The monoisotopic (exact) mass is 185 g/mol. The molecule has 0 radical (unpaired) electrons. The minimum atomic E-state index is -0.581. The second-order valence-electron chi connectivity index (χ2n) is 3.08. The Hall–Kier alpha value is -0.900. The van der Waals surface area contributed by atoms with Gasteiger partial charge in [0, 0.05) is 13.0 Å². The second kappa shape index (κ2) is 4.97. The van der Waals surface area contributed by atoms with E-state index in [1.165, 1.54) is 0 Å². The molecule has 13 heavy (non-hydrogen) atoms. The number of hydrogen-bond donors (Lipinski definition) is 1. The normalized spacial score (nSPS) is 23.8. The van der Waals surface area contributed by atoms with E-state index in [0.717, 1.165) is 13.0 Å². The highest BCUT2D eigenvalue weighted by molar-refractivity contribution is 5.99. The number of carbonyl (C=O) groups excluding carboxylic acids is 2. The summed E-state index contributed by atoms with van der Waals surface area (Å²) in [7, 11) is 0. The minimum Gasteiger partial charge on any atom is -0.465 e. The summed E-state index contributed by atoms with van der Waals surface area (Å²) in [5, 5.41) is 3.05. The van der Waals surface area contributed by atoms with Crippen LogP contribution in [0.1, 0.15) is 19.8 Å². The lowest BCUT2D eigenvalue weighted by Crippen LogP contribution is -2.33.